The van der Waals surface area contributed by atoms with Gasteiger partial charge in [-0.15, -0.1) is 0 Å². The Kier molecular flexibility index (Phi) is 4.26. The van der Waals surface area contributed by atoms with Crippen molar-refractivity contribution in [3.05, 3.63) is 16.7 Å². The summed E-state index contributed by atoms with van der Waals surface area (Å²) in [6, 6.07) is 1.82. The molecule has 1 aromatic rings. The predicted molar refractivity (Wildman–Crippen MR) is 66.7 cm³/mol. The molecule has 88 valence electrons. The fraction of sp³-hybridized carbons (Fsp3) is 0.400. The van der Waals surface area contributed by atoms with Gasteiger partial charge in [0.15, 0.2) is 6.29 Å². The highest BCUT2D eigenvalue weighted by Crippen LogP contribution is 2.23. The zero-order valence-corrected chi connectivity index (χ0v) is 10.7. The van der Waals surface area contributed by atoms with Crippen LogP contribution >= 0.6 is 15.9 Å². The molecule has 0 aromatic carbocycles. The van der Waals surface area contributed by atoms with Crippen molar-refractivity contribution in [2.24, 2.45) is 0 Å². The average molecular weight is 288 g/mol. The molecule has 16 heavy (non-hydrogen) atoms. The van der Waals surface area contributed by atoms with Gasteiger partial charge in [-0.2, -0.15) is 0 Å². The number of hydrogen-bond donors (Lipinski definition) is 3. The summed E-state index contributed by atoms with van der Waals surface area (Å²) in [5.74, 6) is 0.657. The van der Waals surface area contributed by atoms with Crippen molar-refractivity contribution >= 4 is 33.7 Å². The van der Waals surface area contributed by atoms with Crippen LogP contribution in [-0.4, -0.2) is 35.6 Å². The molecule has 0 spiro atoms. The minimum absolute atomic E-state index is 0.128. The zero-order chi connectivity index (χ0) is 12.2. The molecule has 0 bridgehead atoms. The second kappa shape index (κ2) is 5.27. The van der Waals surface area contributed by atoms with Gasteiger partial charge in [0.1, 0.15) is 11.4 Å². The largest absolute Gasteiger partial charge is 0.381 e. The van der Waals surface area contributed by atoms with E-state index in [-0.39, 0.29) is 6.54 Å². The number of nitrogens with zero attached hydrogens (tertiary/aromatic N) is 1. The average Bonchev–Trinajstić information content (AvgIpc) is 2.27. The van der Waals surface area contributed by atoms with E-state index in [1.54, 1.807) is 13.2 Å². The number of aldehydes is 1. The lowest BCUT2D eigenvalue weighted by Crippen LogP contribution is -2.35. The minimum Gasteiger partial charge on any atom is -0.381 e. The van der Waals surface area contributed by atoms with Crippen LogP contribution in [0.1, 0.15) is 6.92 Å². The van der Waals surface area contributed by atoms with Gasteiger partial charge in [-0.25, -0.2) is 4.98 Å². The first-order valence-corrected chi connectivity index (χ1v) is 5.53. The number of carbonyl (C=O) groups is 1. The molecule has 6 heteroatoms. The molecular weight excluding hydrogens is 274 g/mol. The first-order valence-electron chi connectivity index (χ1n) is 4.74. The number of aromatic nitrogens is 1. The van der Waals surface area contributed by atoms with Gasteiger partial charge in [0, 0.05) is 17.7 Å². The second-order valence-corrected chi connectivity index (χ2v) is 4.54. The Morgan fingerprint density at radius 2 is 2.38 bits per heavy atom. The molecule has 1 heterocycles. The highest BCUT2D eigenvalue weighted by atomic mass is 79.9. The van der Waals surface area contributed by atoms with E-state index >= 15 is 0 Å². The predicted octanol–water partition coefficient (Wildman–Crippen LogP) is 1.25. The highest BCUT2D eigenvalue weighted by molar-refractivity contribution is 9.10. The van der Waals surface area contributed by atoms with Crippen molar-refractivity contribution in [2.75, 3.05) is 24.2 Å². The quantitative estimate of drug-likeness (QED) is 0.711. The van der Waals surface area contributed by atoms with Crippen LogP contribution < -0.4 is 10.6 Å². The number of hydrogen-bond acceptors (Lipinski definition) is 5. The standard InChI is InChI=1S/C10H14BrN3O2/c1-10(16,6-15)5-14-8-3-7(11)4-13-9(8)12-2/h3-4,6,14,16H,5H2,1-2H3,(H,12,13). The van der Waals surface area contributed by atoms with Crippen LogP contribution in [0.25, 0.3) is 0 Å². The normalized spacial score (nSPS) is 14.0. The molecule has 0 aliphatic rings. The fourth-order valence-electron chi connectivity index (χ4n) is 1.09. The lowest BCUT2D eigenvalue weighted by molar-refractivity contribution is -0.121. The topological polar surface area (TPSA) is 74.2 Å². The summed E-state index contributed by atoms with van der Waals surface area (Å²) in [7, 11) is 1.75. The Morgan fingerprint density at radius 1 is 1.69 bits per heavy atom. The van der Waals surface area contributed by atoms with E-state index in [0.717, 1.165) is 10.2 Å². The lowest BCUT2D eigenvalue weighted by atomic mass is 10.1. The number of halogens is 1. The van der Waals surface area contributed by atoms with Crippen LogP contribution in [0.5, 0.6) is 0 Å². The number of carbonyl (C=O) groups excluding carboxylic acids is 1. The third-order valence-electron chi connectivity index (χ3n) is 1.98. The molecule has 0 radical (unpaired) electrons. The molecule has 0 aliphatic heterocycles. The summed E-state index contributed by atoms with van der Waals surface area (Å²) >= 11 is 3.30. The van der Waals surface area contributed by atoms with Gasteiger partial charge < -0.3 is 20.5 Å². The van der Waals surface area contributed by atoms with E-state index in [9.17, 15) is 9.90 Å². The Hall–Kier alpha value is -1.14. The second-order valence-electron chi connectivity index (χ2n) is 3.63. The number of aliphatic hydroxyl groups is 1. The smallest absolute Gasteiger partial charge is 0.153 e. The minimum atomic E-state index is -1.38. The highest BCUT2D eigenvalue weighted by Gasteiger charge is 2.19. The van der Waals surface area contributed by atoms with Crippen LogP contribution in [0.15, 0.2) is 16.7 Å². The summed E-state index contributed by atoms with van der Waals surface area (Å²) in [5, 5.41) is 15.4. The Balaban J connectivity index is 2.80. The van der Waals surface area contributed by atoms with Gasteiger partial charge in [0.25, 0.3) is 0 Å². The fourth-order valence-corrected chi connectivity index (χ4v) is 1.42. The monoisotopic (exact) mass is 287 g/mol. The summed E-state index contributed by atoms with van der Waals surface area (Å²) in [5.41, 5.74) is -0.660. The van der Waals surface area contributed by atoms with Gasteiger partial charge in [0.2, 0.25) is 0 Å². The van der Waals surface area contributed by atoms with Crippen LogP contribution in [0.2, 0.25) is 0 Å². The third kappa shape index (κ3) is 3.46. The Bertz CT molecular complexity index is 382. The molecule has 1 atom stereocenters. The molecule has 0 saturated heterocycles. The zero-order valence-electron chi connectivity index (χ0n) is 9.12. The van der Waals surface area contributed by atoms with Crippen LogP contribution in [0.3, 0.4) is 0 Å². The number of rotatable bonds is 5. The third-order valence-corrected chi connectivity index (χ3v) is 2.42. The molecule has 1 aromatic heterocycles. The molecule has 1 rings (SSSR count). The van der Waals surface area contributed by atoms with E-state index < -0.39 is 5.60 Å². The van der Waals surface area contributed by atoms with Gasteiger partial charge >= 0.3 is 0 Å². The first-order chi connectivity index (χ1) is 7.48. The van der Waals surface area contributed by atoms with Gasteiger partial charge in [0.05, 0.1) is 12.2 Å². The van der Waals surface area contributed by atoms with E-state index in [2.05, 4.69) is 31.5 Å². The number of anilines is 2. The van der Waals surface area contributed by atoms with Crippen LogP contribution in [0, 0.1) is 0 Å². The molecule has 0 amide bonds. The Labute approximate surface area is 102 Å². The first kappa shape index (κ1) is 12.9. The molecule has 0 fully saturated rings. The SMILES string of the molecule is CNc1ncc(Br)cc1NCC(C)(O)C=O. The summed E-state index contributed by atoms with van der Waals surface area (Å²) in [6.07, 6.45) is 2.17. The van der Waals surface area contributed by atoms with E-state index in [4.69, 9.17) is 0 Å². The molecule has 0 saturated carbocycles. The summed E-state index contributed by atoms with van der Waals surface area (Å²) in [6.45, 7) is 1.57. The summed E-state index contributed by atoms with van der Waals surface area (Å²) < 4.78 is 0.819. The molecule has 0 aliphatic carbocycles. The molecule has 1 unspecified atom stereocenters. The maximum atomic E-state index is 10.5. The number of nitrogens with one attached hydrogen (secondary N) is 2. The number of pyridine rings is 1. The summed E-state index contributed by atoms with van der Waals surface area (Å²) in [4.78, 5) is 14.7. The van der Waals surface area contributed by atoms with Gasteiger partial charge in [-0.1, -0.05) is 0 Å². The van der Waals surface area contributed by atoms with E-state index in [1.165, 1.54) is 6.92 Å². The maximum Gasteiger partial charge on any atom is 0.153 e. The van der Waals surface area contributed by atoms with Crippen molar-refractivity contribution < 1.29 is 9.90 Å². The van der Waals surface area contributed by atoms with Crippen LogP contribution in [0.4, 0.5) is 11.5 Å². The van der Waals surface area contributed by atoms with Crippen molar-refractivity contribution in [3.8, 4) is 0 Å². The van der Waals surface area contributed by atoms with Gasteiger partial charge in [-0.05, 0) is 28.9 Å². The van der Waals surface area contributed by atoms with Gasteiger partial charge in [-0.3, -0.25) is 0 Å². The van der Waals surface area contributed by atoms with Crippen molar-refractivity contribution in [1.29, 1.82) is 0 Å². The maximum absolute atomic E-state index is 10.5. The lowest BCUT2D eigenvalue weighted by Gasteiger charge is -2.18. The van der Waals surface area contributed by atoms with Crippen molar-refractivity contribution in [3.63, 3.8) is 0 Å². The van der Waals surface area contributed by atoms with Crippen LogP contribution in [-0.2, 0) is 4.79 Å². The van der Waals surface area contributed by atoms with Crippen molar-refractivity contribution in [2.45, 2.75) is 12.5 Å². The molecular formula is C10H14BrN3O2. The Morgan fingerprint density at radius 3 is 2.94 bits per heavy atom. The molecule has 3 N–H and O–H groups in total. The van der Waals surface area contributed by atoms with Crippen molar-refractivity contribution in [1.82, 2.24) is 4.98 Å². The molecule has 5 nitrogen and oxygen atoms in total. The van der Waals surface area contributed by atoms with E-state index in [0.29, 0.717) is 12.1 Å². The van der Waals surface area contributed by atoms with E-state index in [1.807, 2.05) is 6.07 Å².